The number of nitrogens with one attached hydrogen (secondary N) is 1. The molecule has 1 atom stereocenters. The predicted octanol–water partition coefficient (Wildman–Crippen LogP) is 2.22. The summed E-state index contributed by atoms with van der Waals surface area (Å²) in [5.41, 5.74) is 0. The van der Waals surface area contributed by atoms with Gasteiger partial charge in [-0.15, -0.1) is 0 Å². The molecule has 4 heteroatoms. The molecule has 0 radical (unpaired) electrons. The number of rotatable bonds is 14. The number of hydrogen-bond acceptors (Lipinski definition) is 4. The molecule has 0 aliphatic carbocycles. The Morgan fingerprint density at radius 3 is 2.50 bits per heavy atom. The summed E-state index contributed by atoms with van der Waals surface area (Å²) in [5.74, 6) is 0. The average Bonchev–Trinajstić information content (AvgIpc) is 2.38. The number of ether oxygens (including phenoxy) is 3. The third-order valence-electron chi connectivity index (χ3n) is 2.63. The van der Waals surface area contributed by atoms with Crippen molar-refractivity contribution >= 4 is 0 Å². The maximum atomic E-state index is 5.82. The van der Waals surface area contributed by atoms with Crippen LogP contribution < -0.4 is 5.32 Å². The minimum Gasteiger partial charge on any atom is -0.385 e. The highest BCUT2D eigenvalue weighted by Crippen LogP contribution is 2.01. The molecule has 4 nitrogen and oxygen atoms in total. The van der Waals surface area contributed by atoms with Crippen molar-refractivity contribution in [3.63, 3.8) is 0 Å². The first-order valence-electron chi connectivity index (χ1n) is 7.24. The number of hydrogen-bond donors (Lipinski definition) is 1. The SMILES string of the molecule is CCCNCC(CCC)OCCOCCCOC. The summed E-state index contributed by atoms with van der Waals surface area (Å²) in [6.07, 6.45) is 4.71. The zero-order chi connectivity index (χ0) is 13.5. The standard InChI is InChI=1S/C14H31NO3/c1-4-7-14(13-15-8-5-2)18-12-11-17-10-6-9-16-3/h14-15H,4-13H2,1-3H3. The highest BCUT2D eigenvalue weighted by Gasteiger charge is 2.06. The van der Waals surface area contributed by atoms with E-state index in [4.69, 9.17) is 14.2 Å². The van der Waals surface area contributed by atoms with E-state index in [0.717, 1.165) is 45.6 Å². The Morgan fingerprint density at radius 1 is 1.00 bits per heavy atom. The second kappa shape index (κ2) is 14.9. The lowest BCUT2D eigenvalue weighted by molar-refractivity contribution is -0.00143. The van der Waals surface area contributed by atoms with Crippen molar-refractivity contribution < 1.29 is 14.2 Å². The fourth-order valence-corrected chi connectivity index (χ4v) is 1.69. The molecule has 0 aromatic rings. The van der Waals surface area contributed by atoms with Gasteiger partial charge >= 0.3 is 0 Å². The summed E-state index contributed by atoms with van der Waals surface area (Å²) in [6, 6.07) is 0. The molecule has 0 heterocycles. The van der Waals surface area contributed by atoms with Crippen LogP contribution in [0.4, 0.5) is 0 Å². The summed E-state index contributed by atoms with van der Waals surface area (Å²) in [4.78, 5) is 0. The lowest BCUT2D eigenvalue weighted by Crippen LogP contribution is -2.30. The van der Waals surface area contributed by atoms with Gasteiger partial charge < -0.3 is 19.5 Å². The van der Waals surface area contributed by atoms with Gasteiger partial charge in [0, 0.05) is 26.9 Å². The van der Waals surface area contributed by atoms with Gasteiger partial charge in [-0.2, -0.15) is 0 Å². The first-order chi connectivity index (χ1) is 8.85. The van der Waals surface area contributed by atoms with Crippen molar-refractivity contribution in [3.8, 4) is 0 Å². The van der Waals surface area contributed by atoms with E-state index in [1.54, 1.807) is 7.11 Å². The van der Waals surface area contributed by atoms with Gasteiger partial charge in [0.25, 0.3) is 0 Å². The second-order valence-electron chi connectivity index (χ2n) is 4.44. The molecule has 0 aromatic heterocycles. The van der Waals surface area contributed by atoms with Crippen LogP contribution in [0, 0.1) is 0 Å². The molecule has 1 unspecified atom stereocenters. The molecule has 0 aliphatic rings. The van der Waals surface area contributed by atoms with Gasteiger partial charge in [0.2, 0.25) is 0 Å². The molecule has 0 saturated carbocycles. The first kappa shape index (κ1) is 17.8. The Bertz CT molecular complexity index is 156. The van der Waals surface area contributed by atoms with E-state index in [1.807, 2.05) is 0 Å². The molecule has 0 amide bonds. The molecule has 1 N–H and O–H groups in total. The monoisotopic (exact) mass is 261 g/mol. The third kappa shape index (κ3) is 12.3. The van der Waals surface area contributed by atoms with E-state index in [0.29, 0.717) is 19.3 Å². The zero-order valence-electron chi connectivity index (χ0n) is 12.4. The van der Waals surface area contributed by atoms with Crippen LogP contribution in [0.5, 0.6) is 0 Å². The van der Waals surface area contributed by atoms with Gasteiger partial charge in [-0.25, -0.2) is 0 Å². The quantitative estimate of drug-likeness (QED) is 0.487. The Balaban J connectivity index is 3.39. The average molecular weight is 261 g/mol. The van der Waals surface area contributed by atoms with Crippen LogP contribution >= 0.6 is 0 Å². The third-order valence-corrected chi connectivity index (χ3v) is 2.63. The van der Waals surface area contributed by atoms with Gasteiger partial charge in [0.1, 0.15) is 0 Å². The van der Waals surface area contributed by atoms with Crippen LogP contribution in [0.2, 0.25) is 0 Å². The van der Waals surface area contributed by atoms with Gasteiger partial charge in [-0.05, 0) is 25.8 Å². The molecule has 0 rings (SSSR count). The Kier molecular flexibility index (Phi) is 14.8. The minimum atomic E-state index is 0.323. The van der Waals surface area contributed by atoms with Crippen LogP contribution in [0.1, 0.15) is 39.5 Å². The maximum absolute atomic E-state index is 5.82. The smallest absolute Gasteiger partial charge is 0.0704 e. The van der Waals surface area contributed by atoms with E-state index in [2.05, 4.69) is 19.2 Å². The molecular formula is C14H31NO3. The second-order valence-corrected chi connectivity index (χ2v) is 4.44. The molecular weight excluding hydrogens is 230 g/mol. The largest absolute Gasteiger partial charge is 0.385 e. The van der Waals surface area contributed by atoms with Gasteiger partial charge in [-0.1, -0.05) is 20.3 Å². The van der Waals surface area contributed by atoms with Crippen LogP contribution in [0.15, 0.2) is 0 Å². The normalized spacial score (nSPS) is 12.8. The van der Waals surface area contributed by atoms with E-state index in [-0.39, 0.29) is 0 Å². The molecule has 0 aromatic carbocycles. The van der Waals surface area contributed by atoms with Crippen molar-refractivity contribution in [2.45, 2.75) is 45.6 Å². The fraction of sp³-hybridized carbons (Fsp3) is 1.00. The molecule has 110 valence electrons. The molecule has 0 fully saturated rings. The first-order valence-corrected chi connectivity index (χ1v) is 7.24. The zero-order valence-corrected chi connectivity index (χ0v) is 12.4. The van der Waals surface area contributed by atoms with Crippen LogP contribution in [-0.4, -0.2) is 52.7 Å². The Labute approximate surface area is 112 Å². The predicted molar refractivity (Wildman–Crippen MR) is 75.1 cm³/mol. The van der Waals surface area contributed by atoms with Crippen molar-refractivity contribution in [2.24, 2.45) is 0 Å². The van der Waals surface area contributed by atoms with Crippen LogP contribution in [-0.2, 0) is 14.2 Å². The molecule has 0 aliphatic heterocycles. The van der Waals surface area contributed by atoms with Crippen LogP contribution in [0.25, 0.3) is 0 Å². The van der Waals surface area contributed by atoms with Gasteiger partial charge in [0.05, 0.1) is 19.3 Å². The summed E-state index contributed by atoms with van der Waals surface area (Å²) >= 11 is 0. The van der Waals surface area contributed by atoms with Gasteiger partial charge in [-0.3, -0.25) is 0 Å². The van der Waals surface area contributed by atoms with E-state index in [9.17, 15) is 0 Å². The van der Waals surface area contributed by atoms with Crippen molar-refractivity contribution in [3.05, 3.63) is 0 Å². The summed E-state index contributed by atoms with van der Waals surface area (Å²) in [5, 5.41) is 3.41. The highest BCUT2D eigenvalue weighted by molar-refractivity contribution is 4.61. The van der Waals surface area contributed by atoms with Crippen molar-refractivity contribution in [1.82, 2.24) is 5.32 Å². The summed E-state index contributed by atoms with van der Waals surface area (Å²) < 4.78 is 16.2. The van der Waals surface area contributed by atoms with Crippen LogP contribution in [0.3, 0.4) is 0 Å². The topological polar surface area (TPSA) is 39.7 Å². The van der Waals surface area contributed by atoms with Crippen molar-refractivity contribution in [1.29, 1.82) is 0 Å². The molecule has 18 heavy (non-hydrogen) atoms. The Morgan fingerprint density at radius 2 is 1.83 bits per heavy atom. The molecule has 0 spiro atoms. The summed E-state index contributed by atoms with van der Waals surface area (Å²) in [7, 11) is 1.71. The van der Waals surface area contributed by atoms with E-state index < -0.39 is 0 Å². The maximum Gasteiger partial charge on any atom is 0.0704 e. The van der Waals surface area contributed by atoms with E-state index >= 15 is 0 Å². The highest BCUT2D eigenvalue weighted by atomic mass is 16.5. The number of methoxy groups -OCH3 is 1. The van der Waals surface area contributed by atoms with Crippen molar-refractivity contribution in [2.75, 3.05) is 46.6 Å². The fourth-order valence-electron chi connectivity index (χ4n) is 1.69. The lowest BCUT2D eigenvalue weighted by atomic mass is 10.2. The lowest BCUT2D eigenvalue weighted by Gasteiger charge is -2.17. The minimum absolute atomic E-state index is 0.323. The molecule has 0 saturated heterocycles. The van der Waals surface area contributed by atoms with Gasteiger partial charge in [0.15, 0.2) is 0 Å². The Hall–Kier alpha value is -0.160. The summed E-state index contributed by atoms with van der Waals surface area (Å²) in [6.45, 7) is 9.27. The molecule has 0 bridgehead atoms. The van der Waals surface area contributed by atoms with E-state index in [1.165, 1.54) is 6.42 Å².